The van der Waals surface area contributed by atoms with Crippen molar-refractivity contribution in [1.82, 2.24) is 0 Å². The van der Waals surface area contributed by atoms with Gasteiger partial charge in [0.25, 0.3) is 0 Å². The van der Waals surface area contributed by atoms with E-state index in [4.69, 9.17) is 15.2 Å². The van der Waals surface area contributed by atoms with Crippen molar-refractivity contribution in [1.29, 1.82) is 0 Å². The molecule has 22 heavy (non-hydrogen) atoms. The summed E-state index contributed by atoms with van der Waals surface area (Å²) < 4.78 is 11.0. The summed E-state index contributed by atoms with van der Waals surface area (Å²) in [6.45, 7) is 1.10. The average Bonchev–Trinajstić information content (AvgIpc) is 2.54. The molecule has 1 aliphatic heterocycles. The van der Waals surface area contributed by atoms with Crippen LogP contribution in [0.3, 0.4) is 0 Å². The second-order valence-electron chi connectivity index (χ2n) is 5.19. The molecule has 3 N–H and O–H groups in total. The summed E-state index contributed by atoms with van der Waals surface area (Å²) in [7, 11) is 0. The maximum absolute atomic E-state index is 10.3. The van der Waals surface area contributed by atoms with Gasteiger partial charge >= 0.3 is 0 Å². The summed E-state index contributed by atoms with van der Waals surface area (Å²) in [6.07, 6.45) is -0.119. The van der Waals surface area contributed by atoms with Gasteiger partial charge in [0.05, 0.1) is 12.1 Å². The molecule has 0 aliphatic carbocycles. The Hall–Kier alpha value is -1.75. The molecule has 2 atom stereocenters. The molecule has 0 saturated carbocycles. The van der Waals surface area contributed by atoms with Crippen LogP contribution >= 0.6 is 12.4 Å². The molecule has 3 rings (SSSR count). The van der Waals surface area contributed by atoms with Crippen LogP contribution in [0, 0.1) is 0 Å². The van der Waals surface area contributed by atoms with Crippen LogP contribution in [0.5, 0.6) is 11.5 Å². The zero-order valence-corrected chi connectivity index (χ0v) is 13.0. The van der Waals surface area contributed by atoms with E-state index in [1.807, 2.05) is 48.5 Å². The summed E-state index contributed by atoms with van der Waals surface area (Å²) >= 11 is 0. The molecule has 0 radical (unpaired) electrons. The summed E-state index contributed by atoms with van der Waals surface area (Å²) in [4.78, 5) is 0. The predicted octanol–water partition coefficient (Wildman–Crippen LogP) is 2.48. The molecule has 4 nitrogen and oxygen atoms in total. The van der Waals surface area contributed by atoms with E-state index in [0.29, 0.717) is 25.4 Å². The first-order valence-electron chi connectivity index (χ1n) is 7.11. The van der Waals surface area contributed by atoms with E-state index in [0.717, 1.165) is 16.9 Å². The Morgan fingerprint density at radius 3 is 2.41 bits per heavy atom. The minimum atomic E-state index is -0.644. The molecule has 0 bridgehead atoms. The fourth-order valence-electron chi connectivity index (χ4n) is 2.47. The summed E-state index contributed by atoms with van der Waals surface area (Å²) in [5.41, 5.74) is 8.09. The fourth-order valence-corrected chi connectivity index (χ4v) is 2.47. The zero-order chi connectivity index (χ0) is 14.7. The number of benzene rings is 2. The minimum Gasteiger partial charge on any atom is -0.486 e. The van der Waals surface area contributed by atoms with Gasteiger partial charge in [0, 0.05) is 6.42 Å². The third-order valence-corrected chi connectivity index (χ3v) is 3.65. The lowest BCUT2D eigenvalue weighted by atomic mass is 9.96. The smallest absolute Gasteiger partial charge is 0.161 e. The standard InChI is InChI=1S/C17H19NO3.ClH/c18-17(14(19)10-12-4-2-1-3-5-12)13-6-7-15-16(11-13)21-9-8-20-15;/h1-7,11,14,17,19H,8-10,18H2;1H/t14-,17+;/m0./s1. The Morgan fingerprint density at radius 2 is 1.68 bits per heavy atom. The van der Waals surface area contributed by atoms with Gasteiger partial charge in [-0.25, -0.2) is 0 Å². The first kappa shape index (κ1) is 16.6. The zero-order valence-electron chi connectivity index (χ0n) is 12.1. The van der Waals surface area contributed by atoms with Gasteiger partial charge in [-0.1, -0.05) is 36.4 Å². The topological polar surface area (TPSA) is 64.7 Å². The third kappa shape index (κ3) is 3.71. The van der Waals surface area contributed by atoms with Crippen LogP contribution in [0.15, 0.2) is 48.5 Å². The Morgan fingerprint density at radius 1 is 1.00 bits per heavy atom. The normalized spacial score (nSPS) is 15.5. The van der Waals surface area contributed by atoms with Gasteiger partial charge < -0.3 is 20.3 Å². The van der Waals surface area contributed by atoms with Gasteiger partial charge in [0.2, 0.25) is 0 Å². The monoisotopic (exact) mass is 321 g/mol. The highest BCUT2D eigenvalue weighted by atomic mass is 35.5. The van der Waals surface area contributed by atoms with Crippen LogP contribution in [-0.4, -0.2) is 24.4 Å². The molecule has 1 heterocycles. The molecule has 1 aliphatic rings. The van der Waals surface area contributed by atoms with Crippen LogP contribution in [0.4, 0.5) is 0 Å². The van der Waals surface area contributed by atoms with Crippen molar-refractivity contribution in [2.24, 2.45) is 5.73 Å². The lowest BCUT2D eigenvalue weighted by Crippen LogP contribution is -2.28. The molecule has 0 saturated heterocycles. The lowest BCUT2D eigenvalue weighted by molar-refractivity contribution is 0.144. The van der Waals surface area contributed by atoms with Gasteiger partial charge in [0.1, 0.15) is 13.2 Å². The number of aliphatic hydroxyl groups is 1. The van der Waals surface area contributed by atoms with E-state index in [9.17, 15) is 5.11 Å². The Labute approximate surface area is 136 Å². The highest BCUT2D eigenvalue weighted by Crippen LogP contribution is 2.33. The van der Waals surface area contributed by atoms with Crippen molar-refractivity contribution in [2.75, 3.05) is 13.2 Å². The van der Waals surface area contributed by atoms with E-state index in [1.54, 1.807) is 0 Å². The fraction of sp³-hybridized carbons (Fsp3) is 0.294. The van der Waals surface area contributed by atoms with Gasteiger partial charge in [0.15, 0.2) is 11.5 Å². The molecule has 2 aromatic carbocycles. The minimum absolute atomic E-state index is 0. The number of hydrogen-bond donors (Lipinski definition) is 2. The van der Waals surface area contributed by atoms with Crippen LogP contribution < -0.4 is 15.2 Å². The van der Waals surface area contributed by atoms with Crippen molar-refractivity contribution in [3.63, 3.8) is 0 Å². The molecular formula is C17H20ClNO3. The van der Waals surface area contributed by atoms with Crippen molar-refractivity contribution >= 4 is 12.4 Å². The van der Waals surface area contributed by atoms with E-state index >= 15 is 0 Å². The van der Waals surface area contributed by atoms with Crippen molar-refractivity contribution in [3.8, 4) is 11.5 Å². The molecule has 0 unspecified atom stereocenters. The molecule has 2 aromatic rings. The maximum atomic E-state index is 10.3. The van der Waals surface area contributed by atoms with Crippen LogP contribution in [0.25, 0.3) is 0 Å². The number of fused-ring (bicyclic) bond motifs is 1. The molecule has 0 aromatic heterocycles. The van der Waals surface area contributed by atoms with Crippen molar-refractivity contribution in [3.05, 3.63) is 59.7 Å². The lowest BCUT2D eigenvalue weighted by Gasteiger charge is -2.23. The number of aliphatic hydroxyl groups excluding tert-OH is 1. The second kappa shape index (κ2) is 7.49. The number of nitrogens with two attached hydrogens (primary N) is 1. The highest BCUT2D eigenvalue weighted by Gasteiger charge is 2.20. The summed E-state index contributed by atoms with van der Waals surface area (Å²) in [5.74, 6) is 1.43. The van der Waals surface area contributed by atoms with E-state index in [-0.39, 0.29) is 12.4 Å². The third-order valence-electron chi connectivity index (χ3n) is 3.65. The number of hydrogen-bond acceptors (Lipinski definition) is 4. The Bertz CT molecular complexity index is 606. The average molecular weight is 322 g/mol. The maximum Gasteiger partial charge on any atom is 0.161 e. The molecule has 5 heteroatoms. The van der Waals surface area contributed by atoms with Crippen LogP contribution in [0.2, 0.25) is 0 Å². The predicted molar refractivity (Wildman–Crippen MR) is 87.8 cm³/mol. The van der Waals surface area contributed by atoms with Crippen molar-refractivity contribution < 1.29 is 14.6 Å². The highest BCUT2D eigenvalue weighted by molar-refractivity contribution is 5.85. The quantitative estimate of drug-likeness (QED) is 0.908. The molecule has 0 spiro atoms. The SMILES string of the molecule is Cl.N[C@H](c1ccc2c(c1)OCCO2)[C@@H](O)Cc1ccccc1. The largest absolute Gasteiger partial charge is 0.486 e. The van der Waals surface area contributed by atoms with E-state index < -0.39 is 12.1 Å². The summed E-state index contributed by atoms with van der Waals surface area (Å²) in [6, 6.07) is 15.0. The van der Waals surface area contributed by atoms with Gasteiger partial charge in [-0.3, -0.25) is 0 Å². The van der Waals surface area contributed by atoms with Crippen LogP contribution in [0.1, 0.15) is 17.2 Å². The number of ether oxygens (including phenoxy) is 2. The van der Waals surface area contributed by atoms with Gasteiger partial charge in [-0.05, 0) is 23.3 Å². The van der Waals surface area contributed by atoms with Gasteiger partial charge in [-0.2, -0.15) is 0 Å². The molecular weight excluding hydrogens is 302 g/mol. The van der Waals surface area contributed by atoms with Crippen molar-refractivity contribution in [2.45, 2.75) is 18.6 Å². The van der Waals surface area contributed by atoms with Gasteiger partial charge in [-0.15, -0.1) is 12.4 Å². The Balaban J connectivity index is 0.00000176. The molecule has 118 valence electrons. The molecule has 0 fully saturated rings. The number of halogens is 1. The first-order chi connectivity index (χ1) is 10.2. The second-order valence-corrected chi connectivity index (χ2v) is 5.19. The molecule has 0 amide bonds. The number of rotatable bonds is 4. The Kier molecular flexibility index (Phi) is 5.66. The van der Waals surface area contributed by atoms with E-state index in [1.165, 1.54) is 0 Å². The first-order valence-corrected chi connectivity index (χ1v) is 7.11. The summed E-state index contributed by atoms with van der Waals surface area (Å²) in [5, 5.41) is 10.3. The van der Waals surface area contributed by atoms with E-state index in [2.05, 4.69) is 0 Å². The van der Waals surface area contributed by atoms with Crippen LogP contribution in [-0.2, 0) is 6.42 Å².